The van der Waals surface area contributed by atoms with Crippen LogP contribution in [0.15, 0.2) is 29.3 Å². The lowest BCUT2D eigenvalue weighted by atomic mass is 10.2. The number of para-hydroxylation sites is 1. The first-order chi connectivity index (χ1) is 12.5. The monoisotopic (exact) mass is 377 g/mol. The molecule has 0 fully saturated rings. The highest BCUT2D eigenvalue weighted by Crippen LogP contribution is 2.24. The smallest absolute Gasteiger partial charge is 0.191 e. The van der Waals surface area contributed by atoms with Crippen LogP contribution in [0.25, 0.3) is 0 Å². The molecule has 26 heavy (non-hydrogen) atoms. The summed E-state index contributed by atoms with van der Waals surface area (Å²) in [5, 5.41) is 11.7. The van der Waals surface area contributed by atoms with Crippen molar-refractivity contribution in [2.75, 3.05) is 13.6 Å². The quantitative estimate of drug-likeness (QED) is 0.574. The van der Waals surface area contributed by atoms with E-state index in [4.69, 9.17) is 16.3 Å². The van der Waals surface area contributed by atoms with Gasteiger partial charge in [-0.1, -0.05) is 30.7 Å². The highest BCUT2D eigenvalue weighted by Gasteiger charge is 2.13. The highest BCUT2D eigenvalue weighted by molar-refractivity contribution is 6.32. The fourth-order valence-electron chi connectivity index (χ4n) is 2.67. The van der Waals surface area contributed by atoms with Crippen molar-refractivity contribution in [2.24, 2.45) is 12.0 Å². The number of aromatic nitrogens is 2. The molecule has 0 aliphatic carbocycles. The lowest BCUT2D eigenvalue weighted by molar-refractivity contribution is 0.199. The molecular formula is C19H28ClN5O. The third kappa shape index (κ3) is 5.14. The Labute approximate surface area is 160 Å². The third-order valence-corrected chi connectivity index (χ3v) is 4.71. The molecule has 0 aliphatic heterocycles. The van der Waals surface area contributed by atoms with Gasteiger partial charge in [0.2, 0.25) is 0 Å². The third-order valence-electron chi connectivity index (χ3n) is 4.40. The molecule has 1 heterocycles. The summed E-state index contributed by atoms with van der Waals surface area (Å²) in [5.74, 6) is 1.43. The molecule has 0 saturated heterocycles. The summed E-state index contributed by atoms with van der Waals surface area (Å²) in [6.45, 7) is 7.48. The molecule has 1 unspecified atom stereocenters. The molecule has 2 rings (SSSR count). The van der Waals surface area contributed by atoms with Crippen molar-refractivity contribution in [3.05, 3.63) is 46.2 Å². The average Bonchev–Trinajstić information content (AvgIpc) is 2.87. The summed E-state index contributed by atoms with van der Waals surface area (Å²) in [6, 6.07) is 7.52. The summed E-state index contributed by atoms with van der Waals surface area (Å²) in [4.78, 5) is 4.29. The van der Waals surface area contributed by atoms with E-state index in [0.29, 0.717) is 23.9 Å². The second-order valence-corrected chi connectivity index (χ2v) is 6.57. The van der Waals surface area contributed by atoms with Crippen LogP contribution in [0.2, 0.25) is 5.02 Å². The van der Waals surface area contributed by atoms with E-state index in [-0.39, 0.29) is 6.10 Å². The van der Waals surface area contributed by atoms with Gasteiger partial charge in [-0.25, -0.2) is 0 Å². The van der Waals surface area contributed by atoms with E-state index in [0.717, 1.165) is 23.8 Å². The lowest BCUT2D eigenvalue weighted by Gasteiger charge is -2.20. The minimum atomic E-state index is -0.00434. The minimum Gasteiger partial charge on any atom is -0.487 e. The second-order valence-electron chi connectivity index (χ2n) is 6.16. The van der Waals surface area contributed by atoms with Crippen molar-refractivity contribution >= 4 is 17.6 Å². The molecule has 0 bridgehead atoms. The molecule has 142 valence electrons. The maximum absolute atomic E-state index is 6.18. The predicted octanol–water partition coefficient (Wildman–Crippen LogP) is 3.21. The van der Waals surface area contributed by atoms with Crippen molar-refractivity contribution in [1.29, 1.82) is 0 Å². The fraction of sp³-hybridized carbons (Fsp3) is 0.474. The predicted molar refractivity (Wildman–Crippen MR) is 107 cm³/mol. The van der Waals surface area contributed by atoms with Crippen LogP contribution >= 0.6 is 11.6 Å². The zero-order valence-corrected chi connectivity index (χ0v) is 16.9. The first-order valence-electron chi connectivity index (χ1n) is 8.81. The van der Waals surface area contributed by atoms with Gasteiger partial charge in [0, 0.05) is 31.9 Å². The van der Waals surface area contributed by atoms with Gasteiger partial charge in [0.15, 0.2) is 5.96 Å². The summed E-state index contributed by atoms with van der Waals surface area (Å²) >= 11 is 6.18. The van der Waals surface area contributed by atoms with Crippen molar-refractivity contribution < 1.29 is 4.74 Å². The molecule has 0 spiro atoms. The van der Waals surface area contributed by atoms with Gasteiger partial charge in [0.05, 0.1) is 17.3 Å². The number of ether oxygens (including phenoxy) is 1. The van der Waals surface area contributed by atoms with Crippen molar-refractivity contribution in [1.82, 2.24) is 20.4 Å². The van der Waals surface area contributed by atoms with Crippen LogP contribution in [0, 0.1) is 13.8 Å². The number of benzene rings is 1. The van der Waals surface area contributed by atoms with Gasteiger partial charge >= 0.3 is 0 Å². The number of aryl methyl sites for hydroxylation is 2. The Morgan fingerprint density at radius 3 is 2.62 bits per heavy atom. The van der Waals surface area contributed by atoms with Gasteiger partial charge in [0.25, 0.3) is 0 Å². The van der Waals surface area contributed by atoms with E-state index in [1.165, 1.54) is 5.56 Å². The van der Waals surface area contributed by atoms with Gasteiger partial charge in [-0.15, -0.1) is 0 Å². The molecule has 7 heteroatoms. The van der Waals surface area contributed by atoms with Crippen molar-refractivity contribution in [2.45, 2.75) is 39.8 Å². The zero-order chi connectivity index (χ0) is 19.1. The molecule has 0 amide bonds. The number of aliphatic imine (C=N–C) groups is 1. The van der Waals surface area contributed by atoms with E-state index in [2.05, 4.69) is 34.6 Å². The molecule has 0 saturated carbocycles. The van der Waals surface area contributed by atoms with E-state index >= 15 is 0 Å². The van der Waals surface area contributed by atoms with Gasteiger partial charge in [-0.3, -0.25) is 9.67 Å². The number of nitrogens with one attached hydrogen (secondary N) is 2. The van der Waals surface area contributed by atoms with E-state index in [1.54, 1.807) is 7.05 Å². The Bertz CT molecular complexity index is 756. The summed E-state index contributed by atoms with van der Waals surface area (Å²) < 4.78 is 7.90. The molecule has 1 atom stereocenters. The van der Waals surface area contributed by atoms with Crippen molar-refractivity contribution in [3.63, 3.8) is 0 Å². The molecule has 1 aromatic carbocycles. The average molecular weight is 378 g/mol. The maximum atomic E-state index is 6.18. The number of halogens is 1. The number of hydrogen-bond donors (Lipinski definition) is 2. The van der Waals surface area contributed by atoms with Crippen molar-refractivity contribution in [3.8, 4) is 5.75 Å². The van der Waals surface area contributed by atoms with Crippen LogP contribution in [0.1, 0.15) is 30.3 Å². The van der Waals surface area contributed by atoms with Gasteiger partial charge in [0.1, 0.15) is 11.9 Å². The Morgan fingerprint density at radius 1 is 1.31 bits per heavy atom. The highest BCUT2D eigenvalue weighted by atomic mass is 35.5. The number of nitrogens with zero attached hydrogens (tertiary/aromatic N) is 3. The Hall–Kier alpha value is -2.21. The minimum absolute atomic E-state index is 0.00434. The summed E-state index contributed by atoms with van der Waals surface area (Å²) in [5.41, 5.74) is 3.37. The van der Waals surface area contributed by atoms with E-state index in [1.807, 2.05) is 42.9 Å². The molecule has 0 aliphatic rings. The van der Waals surface area contributed by atoms with Crippen LogP contribution in [-0.4, -0.2) is 35.4 Å². The first-order valence-corrected chi connectivity index (χ1v) is 9.18. The maximum Gasteiger partial charge on any atom is 0.191 e. The lowest BCUT2D eigenvalue weighted by Crippen LogP contribution is -2.42. The molecule has 2 N–H and O–H groups in total. The SMILES string of the molecule is CCC(CNC(=NC)NCc1c(C)nn(C)c1C)Oc1ccccc1Cl. The van der Waals surface area contributed by atoms with Gasteiger partial charge in [-0.05, 0) is 32.4 Å². The Morgan fingerprint density at radius 2 is 2.04 bits per heavy atom. The zero-order valence-electron chi connectivity index (χ0n) is 16.1. The summed E-state index contributed by atoms with van der Waals surface area (Å²) in [7, 11) is 3.71. The van der Waals surface area contributed by atoms with Crippen LogP contribution in [-0.2, 0) is 13.6 Å². The molecular weight excluding hydrogens is 350 g/mol. The molecule has 1 aromatic heterocycles. The standard InChI is InChI=1S/C19H28ClN5O/c1-6-15(26-18-10-8-7-9-17(18)20)11-22-19(21-4)23-12-16-13(2)24-25(5)14(16)3/h7-10,15H,6,11-12H2,1-5H3,(H2,21,22,23). The van der Waals surface area contributed by atoms with E-state index < -0.39 is 0 Å². The molecule has 6 nitrogen and oxygen atoms in total. The normalized spacial score (nSPS) is 12.8. The van der Waals surface area contributed by atoms with Gasteiger partial charge < -0.3 is 15.4 Å². The van der Waals surface area contributed by atoms with E-state index in [9.17, 15) is 0 Å². The summed E-state index contributed by atoms with van der Waals surface area (Å²) in [6.07, 6.45) is 0.853. The Kier molecular flexibility index (Phi) is 7.33. The van der Waals surface area contributed by atoms with Gasteiger partial charge in [-0.2, -0.15) is 5.10 Å². The first kappa shape index (κ1) is 20.1. The van der Waals surface area contributed by atoms with Crippen LogP contribution in [0.3, 0.4) is 0 Å². The molecule has 2 aromatic rings. The van der Waals surface area contributed by atoms with Crippen LogP contribution in [0.5, 0.6) is 5.75 Å². The number of guanidine groups is 1. The number of rotatable bonds is 7. The Balaban J connectivity index is 1.90. The van der Waals surface area contributed by atoms with Crippen LogP contribution in [0.4, 0.5) is 0 Å². The largest absolute Gasteiger partial charge is 0.487 e. The fourth-order valence-corrected chi connectivity index (χ4v) is 2.85. The van der Waals surface area contributed by atoms with Crippen LogP contribution < -0.4 is 15.4 Å². The molecule has 0 radical (unpaired) electrons. The number of hydrogen-bond acceptors (Lipinski definition) is 3. The second kappa shape index (κ2) is 9.48. The topological polar surface area (TPSA) is 63.5 Å².